The fourth-order valence-electron chi connectivity index (χ4n) is 0.950. The van der Waals surface area contributed by atoms with Crippen LogP contribution in [-0.2, 0) is 0 Å². The van der Waals surface area contributed by atoms with Crippen LogP contribution in [0.1, 0.15) is 0 Å². The molecule has 11 heavy (non-hydrogen) atoms. The first-order valence-electron chi connectivity index (χ1n) is 3.05. The van der Waals surface area contributed by atoms with Gasteiger partial charge in [0.1, 0.15) is 0 Å². The van der Waals surface area contributed by atoms with Gasteiger partial charge in [-0.2, -0.15) is 0 Å². The van der Waals surface area contributed by atoms with E-state index in [4.69, 9.17) is 11.6 Å². The summed E-state index contributed by atoms with van der Waals surface area (Å²) in [5.74, 6) is 0. The summed E-state index contributed by atoms with van der Waals surface area (Å²) in [5, 5.41) is 0.663. The maximum Gasteiger partial charge on any atom is 0.0891 e. The molecule has 2 aromatic rings. The van der Waals surface area contributed by atoms with Gasteiger partial charge >= 0.3 is 0 Å². The van der Waals surface area contributed by atoms with Crippen LogP contribution in [0.3, 0.4) is 0 Å². The molecular formula is C7H4ClIN2. The van der Waals surface area contributed by atoms with Gasteiger partial charge in [-0.05, 0) is 34.7 Å². The van der Waals surface area contributed by atoms with E-state index in [1.165, 1.54) is 0 Å². The highest BCUT2D eigenvalue weighted by molar-refractivity contribution is 14.1. The minimum absolute atomic E-state index is 0.663. The second-order valence-corrected chi connectivity index (χ2v) is 3.80. The number of hydrogen-bond donors (Lipinski definition) is 1. The molecule has 2 rings (SSSR count). The molecule has 0 saturated heterocycles. The SMILES string of the molecule is Clc1cnc2cc(I)[nH]c2c1. The van der Waals surface area contributed by atoms with Crippen LogP contribution in [0.4, 0.5) is 0 Å². The quantitative estimate of drug-likeness (QED) is 0.738. The standard InChI is InChI=1S/C7H4ClIN2/c8-4-1-6-5(10-3-4)2-7(9)11-6/h1-3,11H. The van der Waals surface area contributed by atoms with E-state index in [0.717, 1.165) is 14.7 Å². The molecule has 2 nitrogen and oxygen atoms in total. The zero-order chi connectivity index (χ0) is 7.84. The minimum atomic E-state index is 0.663. The summed E-state index contributed by atoms with van der Waals surface area (Å²) in [6.45, 7) is 0. The van der Waals surface area contributed by atoms with E-state index < -0.39 is 0 Å². The van der Waals surface area contributed by atoms with Crippen molar-refractivity contribution < 1.29 is 0 Å². The van der Waals surface area contributed by atoms with Gasteiger partial charge in [0.05, 0.1) is 19.8 Å². The van der Waals surface area contributed by atoms with Crippen molar-refractivity contribution >= 4 is 45.2 Å². The summed E-state index contributed by atoms with van der Waals surface area (Å²) in [6.07, 6.45) is 1.65. The Hall–Kier alpha value is -0.290. The van der Waals surface area contributed by atoms with Crippen LogP contribution in [0, 0.1) is 3.70 Å². The van der Waals surface area contributed by atoms with E-state index in [-0.39, 0.29) is 0 Å². The van der Waals surface area contributed by atoms with E-state index in [1.54, 1.807) is 6.20 Å². The van der Waals surface area contributed by atoms with Crippen LogP contribution in [0.25, 0.3) is 11.0 Å². The summed E-state index contributed by atoms with van der Waals surface area (Å²) in [7, 11) is 0. The van der Waals surface area contributed by atoms with Gasteiger partial charge in [0.15, 0.2) is 0 Å². The van der Waals surface area contributed by atoms with Crippen molar-refractivity contribution in [2.24, 2.45) is 0 Å². The maximum absolute atomic E-state index is 5.74. The lowest BCUT2D eigenvalue weighted by molar-refractivity contribution is 1.39. The molecule has 0 spiro atoms. The van der Waals surface area contributed by atoms with Gasteiger partial charge in [-0.25, -0.2) is 0 Å². The highest BCUT2D eigenvalue weighted by Crippen LogP contribution is 2.17. The van der Waals surface area contributed by atoms with Crippen LogP contribution in [0.2, 0.25) is 5.02 Å². The number of hydrogen-bond acceptors (Lipinski definition) is 1. The van der Waals surface area contributed by atoms with Crippen molar-refractivity contribution in [2.75, 3.05) is 0 Å². The van der Waals surface area contributed by atoms with E-state index >= 15 is 0 Å². The third-order valence-electron chi connectivity index (χ3n) is 1.40. The number of pyridine rings is 1. The first-order chi connectivity index (χ1) is 5.25. The van der Waals surface area contributed by atoms with Crippen molar-refractivity contribution in [3.8, 4) is 0 Å². The van der Waals surface area contributed by atoms with Gasteiger partial charge < -0.3 is 4.98 Å². The predicted molar refractivity (Wildman–Crippen MR) is 53.8 cm³/mol. The zero-order valence-corrected chi connectivity index (χ0v) is 8.35. The predicted octanol–water partition coefficient (Wildman–Crippen LogP) is 2.82. The van der Waals surface area contributed by atoms with E-state index in [0.29, 0.717) is 5.02 Å². The number of aromatic nitrogens is 2. The van der Waals surface area contributed by atoms with Crippen molar-refractivity contribution in [2.45, 2.75) is 0 Å². The third kappa shape index (κ3) is 1.35. The number of aromatic amines is 1. The molecule has 0 saturated carbocycles. The Bertz CT molecular complexity index is 396. The maximum atomic E-state index is 5.74. The smallest absolute Gasteiger partial charge is 0.0891 e. The lowest BCUT2D eigenvalue weighted by atomic mass is 10.4. The monoisotopic (exact) mass is 278 g/mol. The van der Waals surface area contributed by atoms with Gasteiger partial charge in [0.25, 0.3) is 0 Å². The Balaban J connectivity index is 2.82. The summed E-state index contributed by atoms with van der Waals surface area (Å²) in [4.78, 5) is 7.27. The number of fused-ring (bicyclic) bond motifs is 1. The lowest BCUT2D eigenvalue weighted by Crippen LogP contribution is -1.72. The molecule has 0 atom stereocenters. The molecule has 0 amide bonds. The largest absolute Gasteiger partial charge is 0.349 e. The molecule has 0 bridgehead atoms. The number of rotatable bonds is 0. The molecule has 2 aromatic heterocycles. The molecule has 4 heteroatoms. The van der Waals surface area contributed by atoms with Crippen LogP contribution in [-0.4, -0.2) is 9.97 Å². The van der Waals surface area contributed by atoms with Crippen molar-refractivity contribution in [1.82, 2.24) is 9.97 Å². The molecule has 1 N–H and O–H groups in total. The molecule has 0 unspecified atom stereocenters. The number of H-pyrrole nitrogens is 1. The van der Waals surface area contributed by atoms with Gasteiger partial charge in [0, 0.05) is 6.20 Å². The molecule has 0 aliphatic heterocycles. The van der Waals surface area contributed by atoms with Crippen LogP contribution < -0.4 is 0 Å². The molecule has 0 aliphatic carbocycles. The molecule has 2 heterocycles. The fraction of sp³-hybridized carbons (Fsp3) is 0. The first kappa shape index (κ1) is 7.36. The Kier molecular flexibility index (Phi) is 1.77. The van der Waals surface area contributed by atoms with E-state index in [9.17, 15) is 0 Å². The first-order valence-corrected chi connectivity index (χ1v) is 4.51. The highest BCUT2D eigenvalue weighted by atomic mass is 127. The van der Waals surface area contributed by atoms with Crippen molar-refractivity contribution in [3.63, 3.8) is 0 Å². The summed E-state index contributed by atoms with van der Waals surface area (Å²) in [6, 6.07) is 3.85. The van der Waals surface area contributed by atoms with Crippen LogP contribution in [0.15, 0.2) is 18.3 Å². The summed E-state index contributed by atoms with van der Waals surface area (Å²) in [5.41, 5.74) is 1.95. The summed E-state index contributed by atoms with van der Waals surface area (Å²) >= 11 is 7.95. The average Bonchev–Trinajstić information content (AvgIpc) is 2.27. The number of nitrogens with zero attached hydrogens (tertiary/aromatic N) is 1. The minimum Gasteiger partial charge on any atom is -0.349 e. The van der Waals surface area contributed by atoms with Gasteiger partial charge in [-0.15, -0.1) is 0 Å². The van der Waals surface area contributed by atoms with Crippen LogP contribution in [0.5, 0.6) is 0 Å². The Morgan fingerprint density at radius 2 is 2.27 bits per heavy atom. The molecule has 0 radical (unpaired) electrons. The normalized spacial score (nSPS) is 10.7. The van der Waals surface area contributed by atoms with Gasteiger partial charge in [-0.3, -0.25) is 4.98 Å². The molecule has 56 valence electrons. The second-order valence-electron chi connectivity index (χ2n) is 2.20. The molecular weight excluding hydrogens is 274 g/mol. The average molecular weight is 278 g/mol. The van der Waals surface area contributed by atoms with Gasteiger partial charge in [-0.1, -0.05) is 11.6 Å². The Morgan fingerprint density at radius 3 is 3.09 bits per heavy atom. The van der Waals surface area contributed by atoms with E-state index in [1.807, 2.05) is 12.1 Å². The third-order valence-corrected chi connectivity index (χ3v) is 2.19. The zero-order valence-electron chi connectivity index (χ0n) is 5.44. The van der Waals surface area contributed by atoms with Crippen LogP contribution >= 0.6 is 34.2 Å². The second kappa shape index (κ2) is 2.64. The topological polar surface area (TPSA) is 28.7 Å². The lowest BCUT2D eigenvalue weighted by Gasteiger charge is -1.87. The van der Waals surface area contributed by atoms with Crippen molar-refractivity contribution in [3.05, 3.63) is 27.1 Å². The molecule has 0 aromatic carbocycles. The fourth-order valence-corrected chi connectivity index (χ4v) is 1.69. The molecule has 0 fully saturated rings. The molecule has 0 aliphatic rings. The van der Waals surface area contributed by atoms with E-state index in [2.05, 4.69) is 32.6 Å². The Morgan fingerprint density at radius 1 is 1.45 bits per heavy atom. The highest BCUT2D eigenvalue weighted by Gasteiger charge is 1.98. The summed E-state index contributed by atoms with van der Waals surface area (Å²) < 4.78 is 1.08. The van der Waals surface area contributed by atoms with Crippen molar-refractivity contribution in [1.29, 1.82) is 0 Å². The Labute approximate surface area is 82.1 Å². The van der Waals surface area contributed by atoms with Gasteiger partial charge in [0.2, 0.25) is 0 Å². The number of nitrogens with one attached hydrogen (secondary N) is 1. The number of halogens is 2.